The summed E-state index contributed by atoms with van der Waals surface area (Å²) < 4.78 is 11.2. The van der Waals surface area contributed by atoms with Gasteiger partial charge in [-0.05, 0) is 57.2 Å². The lowest BCUT2D eigenvalue weighted by Crippen LogP contribution is -2.60. The number of nitrogens with one attached hydrogen (secondary N) is 1. The molecular formula is C27H36N4O4. The SMILES string of the molecule is CC(C)(C)OC(=O)N1CCN(C(=O)OCc2ccccc2)C[C@H]1CN[C@H]1CCCc2cccnc21. The lowest BCUT2D eigenvalue weighted by Gasteiger charge is -2.42. The number of rotatable bonds is 5. The van der Waals surface area contributed by atoms with Gasteiger partial charge in [0.1, 0.15) is 12.2 Å². The van der Waals surface area contributed by atoms with E-state index < -0.39 is 5.60 Å². The summed E-state index contributed by atoms with van der Waals surface area (Å²) in [6.45, 7) is 7.50. The van der Waals surface area contributed by atoms with Crippen LogP contribution in [0.3, 0.4) is 0 Å². The normalized spacial score (nSPS) is 20.2. The quantitative estimate of drug-likeness (QED) is 0.687. The number of hydrogen-bond acceptors (Lipinski definition) is 6. The topological polar surface area (TPSA) is 84.0 Å². The number of pyridine rings is 1. The summed E-state index contributed by atoms with van der Waals surface area (Å²) in [4.78, 5) is 33.9. The highest BCUT2D eigenvalue weighted by Gasteiger charge is 2.36. The van der Waals surface area contributed by atoms with Crippen molar-refractivity contribution in [1.29, 1.82) is 0 Å². The third-order valence-electron chi connectivity index (χ3n) is 6.37. The first-order valence-corrected chi connectivity index (χ1v) is 12.4. The first kappa shape index (κ1) is 25.0. The minimum absolute atomic E-state index is 0.126. The fourth-order valence-electron chi connectivity index (χ4n) is 4.65. The molecule has 2 aromatic rings. The summed E-state index contributed by atoms with van der Waals surface area (Å²) in [6, 6.07) is 13.6. The molecule has 188 valence electrons. The average Bonchev–Trinajstić information content (AvgIpc) is 2.85. The van der Waals surface area contributed by atoms with Gasteiger partial charge in [0.25, 0.3) is 0 Å². The van der Waals surface area contributed by atoms with Crippen molar-refractivity contribution in [2.24, 2.45) is 0 Å². The number of benzene rings is 1. The first-order chi connectivity index (χ1) is 16.8. The van der Waals surface area contributed by atoms with Crippen LogP contribution in [0.4, 0.5) is 9.59 Å². The molecule has 0 radical (unpaired) electrons. The number of ether oxygens (including phenoxy) is 2. The molecule has 0 unspecified atom stereocenters. The Morgan fingerprint density at radius 1 is 1.09 bits per heavy atom. The number of carbonyl (C=O) groups excluding carboxylic acids is 2. The fourth-order valence-corrected chi connectivity index (χ4v) is 4.65. The average molecular weight is 481 g/mol. The molecule has 2 heterocycles. The maximum Gasteiger partial charge on any atom is 0.410 e. The molecule has 0 spiro atoms. The van der Waals surface area contributed by atoms with Crippen LogP contribution in [0.2, 0.25) is 0 Å². The molecule has 2 aliphatic rings. The van der Waals surface area contributed by atoms with Gasteiger partial charge in [-0.25, -0.2) is 9.59 Å². The van der Waals surface area contributed by atoms with E-state index in [1.165, 1.54) is 5.56 Å². The molecule has 2 amide bonds. The highest BCUT2D eigenvalue weighted by Crippen LogP contribution is 2.28. The summed E-state index contributed by atoms with van der Waals surface area (Å²) in [5.41, 5.74) is 2.70. The maximum atomic E-state index is 13.0. The number of aromatic nitrogens is 1. The Morgan fingerprint density at radius 2 is 1.89 bits per heavy atom. The Hall–Kier alpha value is -3.13. The second kappa shape index (κ2) is 11.1. The predicted molar refractivity (Wildman–Crippen MR) is 133 cm³/mol. The minimum atomic E-state index is -0.590. The van der Waals surface area contributed by atoms with Gasteiger partial charge in [-0.3, -0.25) is 4.98 Å². The molecule has 1 aliphatic heterocycles. The van der Waals surface area contributed by atoms with Crippen molar-refractivity contribution >= 4 is 12.2 Å². The molecule has 1 aromatic carbocycles. The third-order valence-corrected chi connectivity index (χ3v) is 6.37. The van der Waals surface area contributed by atoms with E-state index in [9.17, 15) is 9.59 Å². The molecule has 0 bridgehead atoms. The highest BCUT2D eigenvalue weighted by molar-refractivity contribution is 5.71. The van der Waals surface area contributed by atoms with Crippen LogP contribution in [0.5, 0.6) is 0 Å². The Morgan fingerprint density at radius 3 is 2.66 bits per heavy atom. The number of piperazine rings is 1. The molecule has 2 atom stereocenters. The Bertz CT molecular complexity index is 1010. The van der Waals surface area contributed by atoms with Crippen molar-refractivity contribution in [2.45, 2.75) is 64.3 Å². The smallest absolute Gasteiger partial charge is 0.410 e. The van der Waals surface area contributed by atoms with Crippen LogP contribution in [0.25, 0.3) is 0 Å². The van der Waals surface area contributed by atoms with Crippen LogP contribution < -0.4 is 5.32 Å². The zero-order chi connectivity index (χ0) is 24.8. The standard InChI is InChI=1S/C27H36N4O4/c1-27(2,3)35-26(33)31-16-15-30(25(32)34-19-20-9-5-4-6-10-20)18-22(31)17-29-23-13-7-11-21-12-8-14-28-24(21)23/h4-6,8-10,12,14,22-23,29H,7,11,13,15-19H2,1-3H3/t22-,23+/m1/s1. The van der Waals surface area contributed by atoms with Crippen molar-refractivity contribution in [2.75, 3.05) is 26.2 Å². The molecule has 1 aliphatic carbocycles. The number of nitrogens with zero attached hydrogens (tertiary/aromatic N) is 3. The van der Waals surface area contributed by atoms with E-state index in [-0.39, 0.29) is 30.9 Å². The number of carbonyl (C=O) groups is 2. The largest absolute Gasteiger partial charge is 0.445 e. The van der Waals surface area contributed by atoms with Crippen molar-refractivity contribution < 1.29 is 19.1 Å². The summed E-state index contributed by atoms with van der Waals surface area (Å²) >= 11 is 0. The van der Waals surface area contributed by atoms with E-state index in [0.29, 0.717) is 26.2 Å². The van der Waals surface area contributed by atoms with Gasteiger partial charge in [-0.2, -0.15) is 0 Å². The fraction of sp³-hybridized carbons (Fsp3) is 0.519. The summed E-state index contributed by atoms with van der Waals surface area (Å²) in [7, 11) is 0. The van der Waals surface area contributed by atoms with Gasteiger partial charge in [0.2, 0.25) is 0 Å². The van der Waals surface area contributed by atoms with Crippen LogP contribution in [-0.4, -0.2) is 64.8 Å². The summed E-state index contributed by atoms with van der Waals surface area (Å²) in [5, 5.41) is 3.62. The van der Waals surface area contributed by atoms with Crippen LogP contribution in [0.1, 0.15) is 56.5 Å². The summed E-state index contributed by atoms with van der Waals surface area (Å²) in [6.07, 6.45) is 4.23. The molecule has 1 saturated heterocycles. The van der Waals surface area contributed by atoms with E-state index in [1.54, 1.807) is 9.80 Å². The molecule has 0 saturated carbocycles. The second-order valence-corrected chi connectivity index (χ2v) is 10.2. The van der Waals surface area contributed by atoms with Gasteiger partial charge in [0.15, 0.2) is 0 Å². The van der Waals surface area contributed by atoms with E-state index in [1.807, 2.05) is 63.4 Å². The van der Waals surface area contributed by atoms with Gasteiger partial charge in [-0.1, -0.05) is 36.4 Å². The minimum Gasteiger partial charge on any atom is -0.445 e. The van der Waals surface area contributed by atoms with Crippen molar-refractivity contribution in [3.05, 3.63) is 65.5 Å². The van der Waals surface area contributed by atoms with Gasteiger partial charge < -0.3 is 24.6 Å². The molecule has 1 N–H and O–H groups in total. The van der Waals surface area contributed by atoms with Crippen LogP contribution in [0.15, 0.2) is 48.7 Å². The Kier molecular flexibility index (Phi) is 7.90. The lowest BCUT2D eigenvalue weighted by atomic mass is 9.91. The van der Waals surface area contributed by atoms with E-state index in [4.69, 9.17) is 9.47 Å². The Labute approximate surface area is 207 Å². The lowest BCUT2D eigenvalue weighted by molar-refractivity contribution is -0.00343. The molecule has 8 nitrogen and oxygen atoms in total. The number of aryl methyl sites for hydroxylation is 1. The van der Waals surface area contributed by atoms with Crippen molar-refractivity contribution in [1.82, 2.24) is 20.1 Å². The van der Waals surface area contributed by atoms with Gasteiger partial charge >= 0.3 is 12.2 Å². The monoisotopic (exact) mass is 480 g/mol. The van der Waals surface area contributed by atoms with E-state index in [2.05, 4.69) is 16.4 Å². The number of fused-ring (bicyclic) bond motifs is 1. The summed E-state index contributed by atoms with van der Waals surface area (Å²) in [5.74, 6) is 0. The van der Waals surface area contributed by atoms with Crippen molar-refractivity contribution in [3.63, 3.8) is 0 Å². The van der Waals surface area contributed by atoms with E-state index >= 15 is 0 Å². The molecule has 8 heteroatoms. The van der Waals surface area contributed by atoms with Gasteiger partial charge in [0.05, 0.1) is 11.7 Å². The second-order valence-electron chi connectivity index (χ2n) is 10.2. The highest BCUT2D eigenvalue weighted by atomic mass is 16.6. The maximum absolute atomic E-state index is 13.0. The molecule has 4 rings (SSSR count). The van der Waals surface area contributed by atoms with Crippen molar-refractivity contribution in [3.8, 4) is 0 Å². The van der Waals surface area contributed by atoms with Crippen LogP contribution >= 0.6 is 0 Å². The number of hydrogen-bond donors (Lipinski definition) is 1. The molecule has 1 fully saturated rings. The van der Waals surface area contributed by atoms with Crippen LogP contribution in [0, 0.1) is 0 Å². The van der Waals surface area contributed by atoms with Crippen LogP contribution in [-0.2, 0) is 22.5 Å². The molecule has 1 aromatic heterocycles. The predicted octanol–water partition coefficient (Wildman–Crippen LogP) is 4.31. The van der Waals surface area contributed by atoms with E-state index in [0.717, 1.165) is 30.5 Å². The van der Waals surface area contributed by atoms with Gasteiger partial charge in [-0.15, -0.1) is 0 Å². The van der Waals surface area contributed by atoms with Gasteiger partial charge in [0, 0.05) is 38.4 Å². The third kappa shape index (κ3) is 6.72. The molecule has 35 heavy (non-hydrogen) atoms. The molecular weight excluding hydrogens is 444 g/mol. The Balaban J connectivity index is 1.42. The zero-order valence-electron chi connectivity index (χ0n) is 20.9. The first-order valence-electron chi connectivity index (χ1n) is 12.4. The number of amides is 2. The zero-order valence-corrected chi connectivity index (χ0v) is 20.9.